The predicted molar refractivity (Wildman–Crippen MR) is 72.9 cm³/mol. The van der Waals surface area contributed by atoms with Crippen LogP contribution in [0.4, 0.5) is 0 Å². The van der Waals surface area contributed by atoms with Crippen LogP contribution in [0.5, 0.6) is 0 Å². The van der Waals surface area contributed by atoms with E-state index in [4.69, 9.17) is 5.26 Å². The van der Waals surface area contributed by atoms with Gasteiger partial charge in [0.15, 0.2) is 0 Å². The van der Waals surface area contributed by atoms with Crippen LogP contribution in [0.1, 0.15) is 25.0 Å². The summed E-state index contributed by atoms with van der Waals surface area (Å²) in [5.74, 6) is 1.21. The van der Waals surface area contributed by atoms with Gasteiger partial charge in [-0.2, -0.15) is 17.0 Å². The zero-order valence-corrected chi connectivity index (χ0v) is 11.2. The Balaban J connectivity index is 2.07. The van der Waals surface area contributed by atoms with Crippen LogP contribution >= 0.6 is 11.8 Å². The van der Waals surface area contributed by atoms with Crippen molar-refractivity contribution in [2.24, 2.45) is 0 Å². The van der Waals surface area contributed by atoms with Crippen molar-refractivity contribution in [3.63, 3.8) is 0 Å². The largest absolute Gasteiger partial charge is 0.295 e. The van der Waals surface area contributed by atoms with E-state index in [0.29, 0.717) is 11.3 Å². The van der Waals surface area contributed by atoms with Crippen molar-refractivity contribution >= 4 is 11.8 Å². The van der Waals surface area contributed by atoms with Gasteiger partial charge in [-0.15, -0.1) is 0 Å². The highest BCUT2D eigenvalue weighted by atomic mass is 32.2. The molecule has 0 bridgehead atoms. The predicted octanol–water partition coefficient (Wildman–Crippen LogP) is 2.88. The van der Waals surface area contributed by atoms with Gasteiger partial charge in [0.05, 0.1) is 11.6 Å². The fourth-order valence-electron chi connectivity index (χ4n) is 2.19. The summed E-state index contributed by atoms with van der Waals surface area (Å²) in [6.45, 7) is 6.70. The zero-order chi connectivity index (χ0) is 12.3. The molecule has 1 fully saturated rings. The van der Waals surface area contributed by atoms with Crippen LogP contribution in [0.15, 0.2) is 24.3 Å². The summed E-state index contributed by atoms with van der Waals surface area (Å²) in [5, 5.41) is 9.59. The molecule has 2 rings (SSSR count). The van der Waals surface area contributed by atoms with Crippen molar-refractivity contribution in [3.8, 4) is 6.07 Å². The molecule has 0 N–H and O–H groups in total. The number of nitriles is 1. The van der Waals surface area contributed by atoms with E-state index in [1.807, 2.05) is 18.2 Å². The molecule has 1 aromatic carbocycles. The Kier molecular flexibility index (Phi) is 4.09. The van der Waals surface area contributed by atoms with Gasteiger partial charge < -0.3 is 0 Å². The molecule has 1 aromatic rings. The number of nitrogens with zero attached hydrogens (tertiary/aromatic N) is 2. The Bertz CT molecular complexity index is 424. The van der Waals surface area contributed by atoms with Crippen molar-refractivity contribution in [1.82, 2.24) is 4.90 Å². The Morgan fingerprint density at radius 1 is 1.47 bits per heavy atom. The second-order valence-electron chi connectivity index (χ2n) is 4.60. The molecule has 0 aliphatic carbocycles. The number of rotatable bonds is 2. The molecule has 0 aromatic heterocycles. The molecule has 2 atom stereocenters. The Hall–Kier alpha value is -0.980. The third-order valence-corrected chi connectivity index (χ3v) is 4.79. The first-order valence-electron chi connectivity index (χ1n) is 6.05. The normalized spacial score (nSPS) is 25.5. The summed E-state index contributed by atoms with van der Waals surface area (Å²) >= 11 is 2.05. The quantitative estimate of drug-likeness (QED) is 0.803. The maximum atomic E-state index is 8.90. The van der Waals surface area contributed by atoms with Gasteiger partial charge in [0.2, 0.25) is 0 Å². The second-order valence-corrected chi connectivity index (χ2v) is 6.08. The minimum atomic E-state index is 0.611. The monoisotopic (exact) mass is 246 g/mol. The fraction of sp³-hybridized carbons (Fsp3) is 0.500. The average molecular weight is 246 g/mol. The first-order chi connectivity index (χ1) is 8.20. The maximum Gasteiger partial charge on any atom is 0.0991 e. The van der Waals surface area contributed by atoms with Gasteiger partial charge >= 0.3 is 0 Å². The molecule has 0 spiro atoms. The average Bonchev–Trinajstić information content (AvgIpc) is 2.35. The lowest BCUT2D eigenvalue weighted by Crippen LogP contribution is -2.43. The van der Waals surface area contributed by atoms with Gasteiger partial charge in [-0.05, 0) is 24.6 Å². The van der Waals surface area contributed by atoms with Gasteiger partial charge in [-0.1, -0.05) is 19.1 Å². The molecule has 17 heavy (non-hydrogen) atoms. The minimum Gasteiger partial charge on any atom is -0.295 e. The maximum absolute atomic E-state index is 8.90. The Morgan fingerprint density at radius 3 is 3.06 bits per heavy atom. The molecule has 0 amide bonds. The Labute approximate surface area is 108 Å². The standard InChI is InChI=1S/C14H18N2S/c1-11-12(2)17-7-6-16(11)10-14-5-3-4-13(8-14)9-15/h3-5,8,11-12H,6-7,10H2,1-2H3. The number of hydrogen-bond acceptors (Lipinski definition) is 3. The summed E-state index contributed by atoms with van der Waals surface area (Å²) in [6.07, 6.45) is 0. The minimum absolute atomic E-state index is 0.611. The lowest BCUT2D eigenvalue weighted by atomic mass is 10.1. The summed E-state index contributed by atoms with van der Waals surface area (Å²) < 4.78 is 0. The number of benzene rings is 1. The fourth-order valence-corrected chi connectivity index (χ4v) is 3.35. The van der Waals surface area contributed by atoms with Crippen molar-refractivity contribution in [3.05, 3.63) is 35.4 Å². The zero-order valence-electron chi connectivity index (χ0n) is 10.4. The molecule has 0 radical (unpaired) electrons. The number of hydrogen-bond donors (Lipinski definition) is 0. The van der Waals surface area contributed by atoms with E-state index in [1.54, 1.807) is 0 Å². The van der Waals surface area contributed by atoms with Gasteiger partial charge in [-0.25, -0.2) is 0 Å². The first kappa shape index (κ1) is 12.5. The summed E-state index contributed by atoms with van der Waals surface area (Å²) in [4.78, 5) is 2.51. The molecule has 2 unspecified atom stereocenters. The summed E-state index contributed by atoms with van der Waals surface area (Å²) in [5.41, 5.74) is 2.00. The van der Waals surface area contributed by atoms with Crippen LogP contribution in [0.25, 0.3) is 0 Å². The van der Waals surface area contributed by atoms with E-state index >= 15 is 0 Å². The van der Waals surface area contributed by atoms with Crippen LogP contribution in [0, 0.1) is 11.3 Å². The van der Waals surface area contributed by atoms with Crippen LogP contribution in [-0.4, -0.2) is 28.5 Å². The lowest BCUT2D eigenvalue weighted by molar-refractivity contribution is 0.204. The van der Waals surface area contributed by atoms with Crippen LogP contribution < -0.4 is 0 Å². The molecule has 0 saturated carbocycles. The van der Waals surface area contributed by atoms with E-state index in [1.165, 1.54) is 11.3 Å². The van der Waals surface area contributed by atoms with Gasteiger partial charge in [-0.3, -0.25) is 4.90 Å². The summed E-state index contributed by atoms with van der Waals surface area (Å²) in [7, 11) is 0. The van der Waals surface area contributed by atoms with Crippen molar-refractivity contribution in [1.29, 1.82) is 5.26 Å². The summed E-state index contributed by atoms with van der Waals surface area (Å²) in [6, 6.07) is 10.8. The van der Waals surface area contributed by atoms with Gasteiger partial charge in [0, 0.05) is 30.1 Å². The lowest BCUT2D eigenvalue weighted by Gasteiger charge is -2.37. The first-order valence-corrected chi connectivity index (χ1v) is 7.10. The van der Waals surface area contributed by atoms with E-state index in [9.17, 15) is 0 Å². The van der Waals surface area contributed by atoms with Crippen LogP contribution in [-0.2, 0) is 6.54 Å². The van der Waals surface area contributed by atoms with E-state index in [0.717, 1.165) is 18.7 Å². The third kappa shape index (κ3) is 3.02. The highest BCUT2D eigenvalue weighted by Crippen LogP contribution is 2.25. The van der Waals surface area contributed by atoms with Crippen LogP contribution in [0.3, 0.4) is 0 Å². The van der Waals surface area contributed by atoms with Crippen LogP contribution in [0.2, 0.25) is 0 Å². The van der Waals surface area contributed by atoms with Gasteiger partial charge in [0.1, 0.15) is 0 Å². The highest BCUT2D eigenvalue weighted by Gasteiger charge is 2.24. The molecule has 1 aliphatic heterocycles. The SMILES string of the molecule is CC1SCCN(Cc2cccc(C#N)c2)C1C. The van der Waals surface area contributed by atoms with E-state index < -0.39 is 0 Å². The topological polar surface area (TPSA) is 27.0 Å². The third-order valence-electron chi connectivity index (χ3n) is 3.46. The van der Waals surface area contributed by atoms with Gasteiger partial charge in [0.25, 0.3) is 0 Å². The molecular formula is C14H18N2S. The number of thioether (sulfide) groups is 1. The van der Waals surface area contributed by atoms with Crippen molar-refractivity contribution in [2.75, 3.05) is 12.3 Å². The molecule has 90 valence electrons. The van der Waals surface area contributed by atoms with Crippen molar-refractivity contribution in [2.45, 2.75) is 31.7 Å². The molecule has 1 saturated heterocycles. The molecular weight excluding hydrogens is 228 g/mol. The highest BCUT2D eigenvalue weighted by molar-refractivity contribution is 8.00. The molecule has 1 heterocycles. The Morgan fingerprint density at radius 2 is 2.29 bits per heavy atom. The molecule has 2 nitrogen and oxygen atoms in total. The second kappa shape index (κ2) is 5.57. The van der Waals surface area contributed by atoms with Crippen molar-refractivity contribution < 1.29 is 0 Å². The smallest absolute Gasteiger partial charge is 0.0991 e. The molecule has 3 heteroatoms. The van der Waals surface area contributed by atoms with E-state index in [2.05, 4.69) is 42.6 Å². The molecule has 1 aliphatic rings. The van der Waals surface area contributed by atoms with E-state index in [-0.39, 0.29) is 0 Å².